The molecule has 2 heterocycles. The zero-order valence-corrected chi connectivity index (χ0v) is 18.4. The molecule has 3 aromatic rings. The Hall–Kier alpha value is -3.13. The quantitative estimate of drug-likeness (QED) is 0.646. The third-order valence-electron chi connectivity index (χ3n) is 5.54. The number of aromatic nitrogens is 2. The number of aryl methyl sites for hydroxylation is 3. The minimum absolute atomic E-state index is 0.182. The average Bonchev–Trinajstić information content (AvgIpc) is 3.13. The van der Waals surface area contributed by atoms with Gasteiger partial charge in [0.2, 0.25) is 5.91 Å². The van der Waals surface area contributed by atoms with Crippen molar-refractivity contribution >= 4 is 27.3 Å². The molecule has 0 saturated carbocycles. The summed E-state index contributed by atoms with van der Waals surface area (Å²) in [6.07, 6.45) is 3.57. The maximum atomic E-state index is 13.8. The average molecular weight is 425 g/mol. The molecule has 0 bridgehead atoms. The number of carbonyl (C=O) groups excluding carboxylic acids is 1. The van der Waals surface area contributed by atoms with Gasteiger partial charge in [-0.25, -0.2) is 13.4 Å². The normalized spacial score (nSPS) is 16.7. The summed E-state index contributed by atoms with van der Waals surface area (Å²) in [4.78, 5) is 18.8. The highest BCUT2D eigenvalue weighted by Gasteiger charge is 2.42. The molecule has 1 atom stereocenters. The number of likely N-dealkylation sites (N-methyl/N-ethyl adjacent to an activating group) is 1. The summed E-state index contributed by atoms with van der Waals surface area (Å²) in [6.45, 7) is 7.15. The summed E-state index contributed by atoms with van der Waals surface area (Å²) >= 11 is 0. The molecule has 0 unspecified atom stereocenters. The summed E-state index contributed by atoms with van der Waals surface area (Å²) < 4.78 is 30.7. The van der Waals surface area contributed by atoms with Gasteiger partial charge in [-0.3, -0.25) is 9.10 Å². The first-order valence-corrected chi connectivity index (χ1v) is 11.1. The van der Waals surface area contributed by atoms with E-state index in [1.807, 2.05) is 42.8 Å². The van der Waals surface area contributed by atoms with Crippen LogP contribution in [0, 0.1) is 20.8 Å². The molecule has 30 heavy (non-hydrogen) atoms. The van der Waals surface area contributed by atoms with E-state index in [1.165, 1.54) is 9.21 Å². The van der Waals surface area contributed by atoms with Crippen LogP contribution < -0.4 is 9.21 Å². The molecule has 4 rings (SSSR count). The molecule has 0 aliphatic carbocycles. The number of amides is 1. The van der Waals surface area contributed by atoms with Crippen LogP contribution in [0.1, 0.15) is 23.7 Å². The molecule has 7 nitrogen and oxygen atoms in total. The van der Waals surface area contributed by atoms with Crippen molar-refractivity contribution in [1.29, 1.82) is 0 Å². The molecule has 0 fully saturated rings. The molecular formula is C22H24N4O3S. The van der Waals surface area contributed by atoms with Crippen LogP contribution >= 0.6 is 0 Å². The number of carbonyl (C=O) groups is 1. The van der Waals surface area contributed by atoms with Gasteiger partial charge < -0.3 is 9.47 Å². The summed E-state index contributed by atoms with van der Waals surface area (Å²) in [6, 6.07) is 9.77. The van der Waals surface area contributed by atoms with E-state index in [-0.39, 0.29) is 10.8 Å². The lowest BCUT2D eigenvalue weighted by Crippen LogP contribution is -2.53. The van der Waals surface area contributed by atoms with Crippen molar-refractivity contribution < 1.29 is 13.2 Å². The van der Waals surface area contributed by atoms with Gasteiger partial charge in [-0.05, 0) is 63.1 Å². The molecule has 1 aliphatic rings. The molecule has 1 aliphatic heterocycles. The molecule has 0 radical (unpaired) electrons. The maximum Gasteiger partial charge on any atom is 0.265 e. The predicted molar refractivity (Wildman–Crippen MR) is 117 cm³/mol. The number of sulfonamides is 1. The van der Waals surface area contributed by atoms with E-state index < -0.39 is 16.1 Å². The lowest BCUT2D eigenvalue weighted by molar-refractivity contribution is -0.119. The summed E-state index contributed by atoms with van der Waals surface area (Å²) in [5.41, 5.74) is 4.23. The Balaban J connectivity index is 1.86. The molecule has 0 N–H and O–H groups in total. The molecule has 1 amide bonds. The van der Waals surface area contributed by atoms with Crippen LogP contribution in [0.15, 0.2) is 53.8 Å². The van der Waals surface area contributed by atoms with E-state index in [2.05, 4.69) is 4.98 Å². The highest BCUT2D eigenvalue weighted by atomic mass is 32.2. The third kappa shape index (κ3) is 2.99. The van der Waals surface area contributed by atoms with Crippen LogP contribution in [0.4, 0.5) is 11.4 Å². The first kappa shape index (κ1) is 20.2. The number of anilines is 2. The van der Waals surface area contributed by atoms with Gasteiger partial charge in [0.1, 0.15) is 6.04 Å². The van der Waals surface area contributed by atoms with Crippen molar-refractivity contribution in [2.45, 2.75) is 38.6 Å². The Morgan fingerprint density at radius 1 is 1.03 bits per heavy atom. The van der Waals surface area contributed by atoms with Crippen LogP contribution in [-0.4, -0.2) is 37.0 Å². The zero-order chi connectivity index (χ0) is 21.8. The number of benzene rings is 2. The fourth-order valence-electron chi connectivity index (χ4n) is 3.97. The molecular weight excluding hydrogens is 400 g/mol. The number of hydrogen-bond acceptors (Lipinski definition) is 4. The minimum Gasteiger partial charge on any atom is -0.312 e. The number of para-hydroxylation sites is 1. The zero-order valence-electron chi connectivity index (χ0n) is 17.6. The van der Waals surface area contributed by atoms with Gasteiger partial charge in [-0.2, -0.15) is 0 Å². The van der Waals surface area contributed by atoms with Crippen molar-refractivity contribution in [1.82, 2.24) is 9.55 Å². The van der Waals surface area contributed by atoms with Gasteiger partial charge in [-0.1, -0.05) is 12.1 Å². The van der Waals surface area contributed by atoms with E-state index in [9.17, 15) is 13.2 Å². The van der Waals surface area contributed by atoms with Gasteiger partial charge in [0.15, 0.2) is 0 Å². The molecule has 2 aromatic carbocycles. The largest absolute Gasteiger partial charge is 0.312 e. The van der Waals surface area contributed by atoms with E-state index in [4.69, 9.17) is 0 Å². The van der Waals surface area contributed by atoms with E-state index in [1.54, 1.807) is 45.4 Å². The Morgan fingerprint density at radius 2 is 1.77 bits per heavy atom. The smallest absolute Gasteiger partial charge is 0.265 e. The Morgan fingerprint density at radius 3 is 2.40 bits per heavy atom. The van der Waals surface area contributed by atoms with Gasteiger partial charge in [0.05, 0.1) is 28.3 Å². The van der Waals surface area contributed by atoms with Crippen LogP contribution in [-0.2, 0) is 14.8 Å². The van der Waals surface area contributed by atoms with Crippen molar-refractivity contribution in [2.24, 2.45) is 0 Å². The first-order valence-electron chi connectivity index (χ1n) is 9.66. The Bertz CT molecular complexity index is 1260. The number of nitrogens with zero attached hydrogens (tertiary/aromatic N) is 4. The topological polar surface area (TPSA) is 75.5 Å². The van der Waals surface area contributed by atoms with Crippen LogP contribution in [0.2, 0.25) is 0 Å². The number of fused-ring (bicyclic) bond motifs is 1. The molecule has 0 spiro atoms. The van der Waals surface area contributed by atoms with E-state index in [0.717, 1.165) is 16.9 Å². The Labute approximate surface area is 176 Å². The van der Waals surface area contributed by atoms with Gasteiger partial charge >= 0.3 is 0 Å². The summed E-state index contributed by atoms with van der Waals surface area (Å²) in [5, 5.41) is 0. The van der Waals surface area contributed by atoms with Crippen molar-refractivity contribution in [3.63, 3.8) is 0 Å². The van der Waals surface area contributed by atoms with Crippen molar-refractivity contribution in [3.8, 4) is 5.69 Å². The van der Waals surface area contributed by atoms with E-state index in [0.29, 0.717) is 16.9 Å². The molecule has 8 heteroatoms. The van der Waals surface area contributed by atoms with Gasteiger partial charge in [0.25, 0.3) is 10.0 Å². The first-order chi connectivity index (χ1) is 14.1. The summed E-state index contributed by atoms with van der Waals surface area (Å²) in [5.74, 6) is -0.264. The van der Waals surface area contributed by atoms with Crippen LogP contribution in [0.25, 0.3) is 5.69 Å². The Kier molecular flexibility index (Phi) is 4.69. The summed E-state index contributed by atoms with van der Waals surface area (Å²) in [7, 11) is -2.29. The minimum atomic E-state index is -3.97. The lowest BCUT2D eigenvalue weighted by atomic mass is 10.1. The van der Waals surface area contributed by atoms with Crippen molar-refractivity contribution in [2.75, 3.05) is 16.3 Å². The highest BCUT2D eigenvalue weighted by Crippen LogP contribution is 2.41. The molecule has 0 saturated heterocycles. The van der Waals surface area contributed by atoms with Crippen LogP contribution in [0.3, 0.4) is 0 Å². The SMILES string of the molecule is Cc1cn(-c2ccc(S(=O)(=O)N3c4c(C)cccc4N(C)C(=O)[C@H]3C)c(C)c2)cn1. The fraction of sp³-hybridized carbons (Fsp3) is 0.273. The van der Waals surface area contributed by atoms with Gasteiger partial charge in [0, 0.05) is 18.9 Å². The molecule has 156 valence electrons. The van der Waals surface area contributed by atoms with Crippen LogP contribution in [0.5, 0.6) is 0 Å². The number of imidazole rings is 1. The second-order valence-electron chi connectivity index (χ2n) is 7.69. The second-order valence-corrected chi connectivity index (χ2v) is 9.47. The standard InChI is InChI=1S/C22H24N4O3S/c1-14-7-6-8-19-21(14)26(17(4)22(27)24(19)5)30(28,29)20-10-9-18(11-15(20)2)25-12-16(3)23-13-25/h6-13,17H,1-5H3/t17-/m1/s1. The van der Waals surface area contributed by atoms with Gasteiger partial charge in [-0.15, -0.1) is 0 Å². The maximum absolute atomic E-state index is 13.8. The lowest BCUT2D eigenvalue weighted by Gasteiger charge is -2.40. The van der Waals surface area contributed by atoms with E-state index >= 15 is 0 Å². The predicted octanol–water partition coefficient (Wildman–Crippen LogP) is 3.36. The third-order valence-corrected chi connectivity index (χ3v) is 7.57. The van der Waals surface area contributed by atoms with Crippen molar-refractivity contribution in [3.05, 3.63) is 65.7 Å². The number of hydrogen-bond donors (Lipinski definition) is 0. The fourth-order valence-corrected chi connectivity index (χ4v) is 5.88. The highest BCUT2D eigenvalue weighted by molar-refractivity contribution is 7.93. The molecule has 1 aromatic heterocycles. The number of rotatable bonds is 3. The second kappa shape index (κ2) is 6.98. The monoisotopic (exact) mass is 424 g/mol.